The molecule has 64 valence electrons. The molecule has 0 aromatic carbocycles. The molecule has 0 bridgehead atoms. The summed E-state index contributed by atoms with van der Waals surface area (Å²) in [7, 11) is 0. The Balaban J connectivity index is 2.08. The summed E-state index contributed by atoms with van der Waals surface area (Å²) in [5, 5.41) is 3.38. The quantitative estimate of drug-likeness (QED) is 0.669. The highest BCUT2D eigenvalue weighted by Crippen LogP contribution is 2.20. The van der Waals surface area contributed by atoms with Crippen LogP contribution in [0, 0.1) is 0 Å². The van der Waals surface area contributed by atoms with Crippen LogP contribution in [0.3, 0.4) is 0 Å². The summed E-state index contributed by atoms with van der Waals surface area (Å²) in [5.74, 6) is 0.625. The van der Waals surface area contributed by atoms with Crippen molar-refractivity contribution < 1.29 is 0 Å². The van der Waals surface area contributed by atoms with Crippen LogP contribution in [0.2, 0.25) is 0 Å². The predicted molar refractivity (Wildman–Crippen MR) is 46.9 cm³/mol. The number of hydrogen-bond donors (Lipinski definition) is 1. The van der Waals surface area contributed by atoms with Gasteiger partial charge in [0.1, 0.15) is 6.33 Å². The maximum Gasteiger partial charge on any atom is 0.115 e. The third-order valence-electron chi connectivity index (χ3n) is 2.35. The SMILES string of the molecule is c1ncc([C@H]2CCCNC2)cn1. The van der Waals surface area contributed by atoms with Gasteiger partial charge in [0.25, 0.3) is 0 Å². The van der Waals surface area contributed by atoms with E-state index in [0.29, 0.717) is 5.92 Å². The maximum absolute atomic E-state index is 4.02. The van der Waals surface area contributed by atoms with Crippen molar-refractivity contribution in [1.82, 2.24) is 15.3 Å². The molecule has 1 aliphatic rings. The van der Waals surface area contributed by atoms with Gasteiger partial charge in [-0.2, -0.15) is 0 Å². The second-order valence-corrected chi connectivity index (χ2v) is 3.22. The summed E-state index contributed by atoms with van der Waals surface area (Å²) in [5.41, 5.74) is 1.27. The summed E-state index contributed by atoms with van der Waals surface area (Å²) in [6.07, 6.45) is 7.95. The highest BCUT2D eigenvalue weighted by atomic mass is 14.9. The molecule has 0 unspecified atom stereocenters. The summed E-state index contributed by atoms with van der Waals surface area (Å²) < 4.78 is 0. The van der Waals surface area contributed by atoms with Crippen molar-refractivity contribution in [2.24, 2.45) is 0 Å². The van der Waals surface area contributed by atoms with Gasteiger partial charge in [0.2, 0.25) is 0 Å². The Morgan fingerprint density at radius 2 is 2.17 bits per heavy atom. The van der Waals surface area contributed by atoms with Gasteiger partial charge < -0.3 is 5.32 Å². The lowest BCUT2D eigenvalue weighted by Gasteiger charge is -2.22. The van der Waals surface area contributed by atoms with Gasteiger partial charge in [-0.1, -0.05) is 0 Å². The number of rotatable bonds is 1. The first-order chi connectivity index (χ1) is 5.97. The smallest absolute Gasteiger partial charge is 0.115 e. The Labute approximate surface area is 72.2 Å². The minimum absolute atomic E-state index is 0.625. The van der Waals surface area contributed by atoms with E-state index in [1.54, 1.807) is 6.33 Å². The fraction of sp³-hybridized carbons (Fsp3) is 0.556. The van der Waals surface area contributed by atoms with Crippen LogP contribution in [0.1, 0.15) is 24.3 Å². The lowest BCUT2D eigenvalue weighted by molar-refractivity contribution is 0.460. The molecule has 3 nitrogen and oxygen atoms in total. The van der Waals surface area contributed by atoms with Gasteiger partial charge in [-0.15, -0.1) is 0 Å². The monoisotopic (exact) mass is 163 g/mol. The summed E-state index contributed by atoms with van der Waals surface area (Å²) in [4.78, 5) is 8.04. The average molecular weight is 163 g/mol. The Kier molecular flexibility index (Phi) is 2.32. The zero-order valence-corrected chi connectivity index (χ0v) is 7.03. The van der Waals surface area contributed by atoms with E-state index >= 15 is 0 Å². The summed E-state index contributed by atoms with van der Waals surface area (Å²) in [6.45, 7) is 2.23. The number of nitrogens with zero attached hydrogens (tertiary/aromatic N) is 2. The molecule has 1 saturated heterocycles. The van der Waals surface area contributed by atoms with E-state index < -0.39 is 0 Å². The van der Waals surface area contributed by atoms with Gasteiger partial charge in [-0.05, 0) is 30.9 Å². The second kappa shape index (κ2) is 3.63. The molecule has 3 heteroatoms. The largest absolute Gasteiger partial charge is 0.316 e. The van der Waals surface area contributed by atoms with Crippen molar-refractivity contribution in [3.05, 3.63) is 24.3 Å². The lowest BCUT2D eigenvalue weighted by atomic mass is 9.94. The second-order valence-electron chi connectivity index (χ2n) is 3.22. The fourth-order valence-corrected chi connectivity index (χ4v) is 1.66. The molecule has 1 atom stereocenters. The molecular formula is C9H13N3. The van der Waals surface area contributed by atoms with Gasteiger partial charge in [-0.25, -0.2) is 9.97 Å². The zero-order valence-electron chi connectivity index (χ0n) is 7.03. The zero-order chi connectivity index (χ0) is 8.23. The van der Waals surface area contributed by atoms with E-state index in [0.717, 1.165) is 13.1 Å². The van der Waals surface area contributed by atoms with Crippen LogP contribution in [0.25, 0.3) is 0 Å². The van der Waals surface area contributed by atoms with Gasteiger partial charge in [-0.3, -0.25) is 0 Å². The van der Waals surface area contributed by atoms with Crippen molar-refractivity contribution in [3.8, 4) is 0 Å². The maximum atomic E-state index is 4.02. The van der Waals surface area contributed by atoms with Crippen LogP contribution in [0.4, 0.5) is 0 Å². The average Bonchev–Trinajstić information content (AvgIpc) is 2.21. The number of piperidine rings is 1. The third kappa shape index (κ3) is 1.61. The molecule has 1 aliphatic heterocycles. The van der Waals surface area contributed by atoms with Crippen LogP contribution >= 0.6 is 0 Å². The molecule has 1 aromatic heterocycles. The van der Waals surface area contributed by atoms with Gasteiger partial charge in [0.15, 0.2) is 0 Å². The topological polar surface area (TPSA) is 37.8 Å². The van der Waals surface area contributed by atoms with E-state index in [-0.39, 0.29) is 0 Å². The third-order valence-corrected chi connectivity index (χ3v) is 2.35. The van der Waals surface area contributed by atoms with E-state index in [2.05, 4.69) is 15.3 Å². The van der Waals surface area contributed by atoms with Gasteiger partial charge in [0.05, 0.1) is 0 Å². The van der Waals surface area contributed by atoms with Gasteiger partial charge in [0, 0.05) is 18.9 Å². The molecule has 0 radical (unpaired) electrons. The molecule has 2 heterocycles. The predicted octanol–water partition coefficient (Wildman–Crippen LogP) is 0.944. The van der Waals surface area contributed by atoms with Crippen molar-refractivity contribution in [2.45, 2.75) is 18.8 Å². The Morgan fingerprint density at radius 3 is 2.83 bits per heavy atom. The molecule has 0 amide bonds. The lowest BCUT2D eigenvalue weighted by Crippen LogP contribution is -2.28. The first kappa shape index (κ1) is 7.68. The highest BCUT2D eigenvalue weighted by Gasteiger charge is 2.14. The molecule has 1 aromatic rings. The highest BCUT2D eigenvalue weighted by molar-refractivity contribution is 5.11. The summed E-state index contributed by atoms with van der Waals surface area (Å²) >= 11 is 0. The van der Waals surface area contributed by atoms with E-state index in [1.165, 1.54) is 18.4 Å². The van der Waals surface area contributed by atoms with Crippen LogP contribution in [0.5, 0.6) is 0 Å². The molecular weight excluding hydrogens is 150 g/mol. The first-order valence-electron chi connectivity index (χ1n) is 4.42. The molecule has 12 heavy (non-hydrogen) atoms. The fourth-order valence-electron chi connectivity index (χ4n) is 1.66. The minimum Gasteiger partial charge on any atom is -0.316 e. The van der Waals surface area contributed by atoms with E-state index in [1.807, 2.05) is 12.4 Å². The number of hydrogen-bond acceptors (Lipinski definition) is 3. The minimum atomic E-state index is 0.625. The van der Waals surface area contributed by atoms with Crippen molar-refractivity contribution in [1.29, 1.82) is 0 Å². The van der Waals surface area contributed by atoms with Crippen molar-refractivity contribution in [2.75, 3.05) is 13.1 Å². The van der Waals surface area contributed by atoms with Crippen LogP contribution < -0.4 is 5.32 Å². The van der Waals surface area contributed by atoms with Crippen molar-refractivity contribution in [3.63, 3.8) is 0 Å². The molecule has 0 saturated carbocycles. The summed E-state index contributed by atoms with van der Waals surface area (Å²) in [6, 6.07) is 0. The molecule has 0 spiro atoms. The van der Waals surface area contributed by atoms with Crippen molar-refractivity contribution >= 4 is 0 Å². The number of nitrogens with one attached hydrogen (secondary N) is 1. The molecule has 0 aliphatic carbocycles. The molecule has 2 rings (SSSR count). The van der Waals surface area contributed by atoms with Crippen LogP contribution in [0.15, 0.2) is 18.7 Å². The van der Waals surface area contributed by atoms with Crippen LogP contribution in [-0.4, -0.2) is 23.1 Å². The Morgan fingerprint density at radius 1 is 1.33 bits per heavy atom. The normalized spacial score (nSPS) is 23.8. The Bertz CT molecular complexity index is 229. The van der Waals surface area contributed by atoms with Gasteiger partial charge >= 0.3 is 0 Å². The van der Waals surface area contributed by atoms with E-state index in [9.17, 15) is 0 Å². The Hall–Kier alpha value is -0.960. The molecule has 1 N–H and O–H groups in total. The standard InChI is InChI=1S/C9H13N3/c1-2-8(4-10-3-1)9-5-11-7-12-6-9/h5-8,10H,1-4H2/t8-/m0/s1. The number of aromatic nitrogens is 2. The first-order valence-corrected chi connectivity index (χ1v) is 4.42. The molecule has 1 fully saturated rings. The van der Waals surface area contributed by atoms with E-state index in [4.69, 9.17) is 0 Å². The van der Waals surface area contributed by atoms with Crippen LogP contribution in [-0.2, 0) is 0 Å².